The van der Waals surface area contributed by atoms with E-state index in [1.165, 1.54) is 24.0 Å². The number of rotatable bonds is 3. The molecule has 0 spiro atoms. The molecular formula is C11H12ClF3N4O2. The summed E-state index contributed by atoms with van der Waals surface area (Å²) in [6.45, 7) is 1.44. The van der Waals surface area contributed by atoms with Crippen LogP contribution in [0.3, 0.4) is 0 Å². The summed E-state index contributed by atoms with van der Waals surface area (Å²) in [7, 11) is 0. The van der Waals surface area contributed by atoms with E-state index in [0.29, 0.717) is 5.02 Å². The lowest BCUT2D eigenvalue weighted by Crippen LogP contribution is -2.57. The summed E-state index contributed by atoms with van der Waals surface area (Å²) in [5.74, 6) is -1.82. The van der Waals surface area contributed by atoms with E-state index in [1.807, 2.05) is 0 Å². The minimum absolute atomic E-state index is 0.0194. The van der Waals surface area contributed by atoms with Crippen LogP contribution in [0, 0.1) is 5.92 Å². The quantitative estimate of drug-likeness (QED) is 0.919. The molecule has 1 aromatic heterocycles. The Hall–Kier alpha value is -1.61. The summed E-state index contributed by atoms with van der Waals surface area (Å²) < 4.78 is 40.0. The molecule has 1 N–H and O–H groups in total. The molecule has 1 aliphatic rings. The number of nitrogens with zero attached hydrogens (tertiary/aromatic N) is 4. The maximum Gasteiger partial charge on any atom is 0.438 e. The number of hydrogen-bond donors (Lipinski definition) is 1. The maximum atomic E-state index is 12.9. The summed E-state index contributed by atoms with van der Waals surface area (Å²) in [6, 6.07) is 0. The van der Waals surface area contributed by atoms with Crippen molar-refractivity contribution in [3.8, 4) is 0 Å². The Morgan fingerprint density at radius 3 is 2.81 bits per heavy atom. The molecule has 2 rings (SSSR count). The number of hydrogen-bond acceptors (Lipinski definition) is 4. The van der Waals surface area contributed by atoms with Gasteiger partial charge in [-0.15, -0.1) is 0 Å². The predicted molar refractivity (Wildman–Crippen MR) is 67.4 cm³/mol. The standard InChI is InChI=1S/C11H12ClF3N4O2/c1-7(5-18-6-8(12)4-17-18)9(20)19-10(21,2-3-16-19)11(13,14)15/h3-4,6-7,21H,2,5H2,1H3/t7-,10-/m1/s1. The monoisotopic (exact) mass is 324 g/mol. The highest BCUT2D eigenvalue weighted by molar-refractivity contribution is 6.30. The van der Waals surface area contributed by atoms with Gasteiger partial charge in [-0.3, -0.25) is 9.48 Å². The minimum atomic E-state index is -4.99. The van der Waals surface area contributed by atoms with Crippen LogP contribution in [-0.4, -0.2) is 43.9 Å². The van der Waals surface area contributed by atoms with Gasteiger partial charge in [-0.05, 0) is 0 Å². The van der Waals surface area contributed by atoms with E-state index in [0.717, 1.165) is 6.21 Å². The van der Waals surface area contributed by atoms with Crippen molar-refractivity contribution in [2.75, 3.05) is 0 Å². The Bertz CT molecular complexity index is 574. The summed E-state index contributed by atoms with van der Waals surface area (Å²) >= 11 is 5.66. The normalized spacial score (nSPS) is 23.6. The summed E-state index contributed by atoms with van der Waals surface area (Å²) in [4.78, 5) is 12.1. The van der Waals surface area contributed by atoms with Crippen LogP contribution in [0.15, 0.2) is 17.5 Å². The van der Waals surface area contributed by atoms with Gasteiger partial charge in [-0.2, -0.15) is 28.4 Å². The number of aromatic nitrogens is 2. The van der Waals surface area contributed by atoms with Crippen molar-refractivity contribution in [1.82, 2.24) is 14.8 Å². The van der Waals surface area contributed by atoms with Gasteiger partial charge in [0.05, 0.1) is 23.7 Å². The number of halogens is 4. The third-order valence-electron chi connectivity index (χ3n) is 3.07. The number of alkyl halides is 3. The molecule has 2 heterocycles. The first-order valence-electron chi connectivity index (χ1n) is 5.99. The molecular weight excluding hydrogens is 313 g/mol. The number of aliphatic hydroxyl groups is 1. The molecule has 0 aliphatic carbocycles. The molecule has 0 bridgehead atoms. The molecule has 0 aromatic carbocycles. The van der Waals surface area contributed by atoms with E-state index in [2.05, 4.69) is 10.2 Å². The van der Waals surface area contributed by atoms with Crippen molar-refractivity contribution in [3.05, 3.63) is 17.4 Å². The van der Waals surface area contributed by atoms with Crippen molar-refractivity contribution in [3.63, 3.8) is 0 Å². The Labute approximate surface area is 122 Å². The van der Waals surface area contributed by atoms with Gasteiger partial charge in [0, 0.05) is 18.8 Å². The lowest BCUT2D eigenvalue weighted by molar-refractivity contribution is -0.303. The van der Waals surface area contributed by atoms with Crippen LogP contribution in [0.1, 0.15) is 13.3 Å². The average molecular weight is 325 g/mol. The molecule has 1 aromatic rings. The van der Waals surface area contributed by atoms with Crippen LogP contribution < -0.4 is 0 Å². The molecule has 6 nitrogen and oxygen atoms in total. The topological polar surface area (TPSA) is 70.7 Å². The number of carbonyl (C=O) groups excluding carboxylic acids is 1. The SMILES string of the molecule is C[C@H](Cn1cc(Cl)cn1)C(=O)N1N=CC[C@@]1(O)C(F)(F)F. The van der Waals surface area contributed by atoms with Gasteiger partial charge in [-0.25, -0.2) is 0 Å². The number of carbonyl (C=O) groups is 1. The highest BCUT2D eigenvalue weighted by Gasteiger charge is 2.61. The molecule has 1 amide bonds. The van der Waals surface area contributed by atoms with Crippen molar-refractivity contribution < 1.29 is 23.1 Å². The van der Waals surface area contributed by atoms with E-state index in [4.69, 9.17) is 11.6 Å². The van der Waals surface area contributed by atoms with Crippen LogP contribution in [0.4, 0.5) is 13.2 Å². The van der Waals surface area contributed by atoms with Crippen LogP contribution in [0.5, 0.6) is 0 Å². The largest absolute Gasteiger partial charge is 0.438 e. The molecule has 0 saturated carbocycles. The van der Waals surface area contributed by atoms with Crippen molar-refractivity contribution in [2.24, 2.45) is 11.0 Å². The van der Waals surface area contributed by atoms with E-state index >= 15 is 0 Å². The van der Waals surface area contributed by atoms with E-state index < -0.39 is 30.1 Å². The first-order chi connectivity index (χ1) is 9.65. The molecule has 0 unspecified atom stereocenters. The van der Waals surface area contributed by atoms with Gasteiger partial charge >= 0.3 is 6.18 Å². The molecule has 2 atom stereocenters. The van der Waals surface area contributed by atoms with Crippen LogP contribution >= 0.6 is 11.6 Å². The molecule has 0 fully saturated rings. The zero-order chi connectivity index (χ0) is 15.8. The highest BCUT2D eigenvalue weighted by atomic mass is 35.5. The van der Waals surface area contributed by atoms with E-state index in [1.54, 1.807) is 0 Å². The van der Waals surface area contributed by atoms with Crippen LogP contribution in [0.2, 0.25) is 5.02 Å². The zero-order valence-electron chi connectivity index (χ0n) is 10.9. The van der Waals surface area contributed by atoms with E-state index in [9.17, 15) is 23.1 Å². The summed E-state index contributed by atoms with van der Waals surface area (Å²) in [5, 5.41) is 17.3. The van der Waals surface area contributed by atoms with Crippen molar-refractivity contribution in [2.45, 2.75) is 31.8 Å². The van der Waals surface area contributed by atoms with Gasteiger partial charge in [0.2, 0.25) is 5.91 Å². The van der Waals surface area contributed by atoms with Crippen LogP contribution in [-0.2, 0) is 11.3 Å². The second kappa shape index (κ2) is 5.30. The van der Waals surface area contributed by atoms with Gasteiger partial charge < -0.3 is 5.11 Å². The van der Waals surface area contributed by atoms with Gasteiger partial charge in [0.15, 0.2) is 0 Å². The van der Waals surface area contributed by atoms with Gasteiger partial charge in [-0.1, -0.05) is 18.5 Å². The molecule has 116 valence electrons. The Balaban J connectivity index is 2.13. The fourth-order valence-corrected chi connectivity index (χ4v) is 2.07. The lowest BCUT2D eigenvalue weighted by Gasteiger charge is -2.33. The minimum Gasteiger partial charge on any atom is -0.362 e. The third-order valence-corrected chi connectivity index (χ3v) is 3.27. The molecule has 0 saturated heterocycles. The van der Waals surface area contributed by atoms with Gasteiger partial charge in [0.25, 0.3) is 5.72 Å². The summed E-state index contributed by atoms with van der Waals surface area (Å²) in [5.41, 5.74) is -3.29. The molecule has 0 radical (unpaired) electrons. The number of amides is 1. The second-order valence-corrected chi connectivity index (χ2v) is 5.18. The second-order valence-electron chi connectivity index (χ2n) is 4.75. The van der Waals surface area contributed by atoms with Crippen molar-refractivity contribution in [1.29, 1.82) is 0 Å². The molecule has 21 heavy (non-hydrogen) atoms. The highest BCUT2D eigenvalue weighted by Crippen LogP contribution is 2.39. The fraction of sp³-hybridized carbons (Fsp3) is 0.545. The Kier molecular flexibility index (Phi) is 3.98. The Morgan fingerprint density at radius 2 is 2.29 bits per heavy atom. The first-order valence-corrected chi connectivity index (χ1v) is 6.36. The first kappa shape index (κ1) is 15.8. The zero-order valence-corrected chi connectivity index (χ0v) is 11.6. The average Bonchev–Trinajstić information content (AvgIpc) is 2.95. The molecule has 10 heteroatoms. The van der Waals surface area contributed by atoms with Crippen molar-refractivity contribution >= 4 is 23.7 Å². The van der Waals surface area contributed by atoms with Gasteiger partial charge in [0.1, 0.15) is 0 Å². The smallest absolute Gasteiger partial charge is 0.362 e. The third kappa shape index (κ3) is 2.88. The summed E-state index contributed by atoms with van der Waals surface area (Å²) in [6.07, 6.45) is -2.13. The van der Waals surface area contributed by atoms with E-state index in [-0.39, 0.29) is 11.6 Å². The lowest BCUT2D eigenvalue weighted by atomic mass is 10.1. The number of hydrazone groups is 1. The maximum absolute atomic E-state index is 12.9. The fourth-order valence-electron chi connectivity index (χ4n) is 1.91. The Morgan fingerprint density at radius 1 is 1.62 bits per heavy atom. The predicted octanol–water partition coefficient (Wildman–Crippen LogP) is 1.64. The molecule has 1 aliphatic heterocycles. The van der Waals surface area contributed by atoms with Crippen LogP contribution in [0.25, 0.3) is 0 Å².